The van der Waals surface area contributed by atoms with E-state index < -0.39 is 6.10 Å². The molecular formula is C17H29NOS. The van der Waals surface area contributed by atoms with Crippen molar-refractivity contribution in [3.63, 3.8) is 0 Å². The summed E-state index contributed by atoms with van der Waals surface area (Å²) in [6, 6.07) is 10.5. The Hall–Kier alpha value is -0.510. The minimum atomic E-state index is -0.432. The average Bonchev–Trinajstić information content (AvgIpc) is 2.44. The molecule has 0 bridgehead atoms. The summed E-state index contributed by atoms with van der Waals surface area (Å²) in [7, 11) is 2.16. The second-order valence-electron chi connectivity index (χ2n) is 6.35. The van der Waals surface area contributed by atoms with Crippen molar-refractivity contribution in [1.82, 2.24) is 4.90 Å². The number of thioether (sulfide) groups is 1. The first-order valence-electron chi connectivity index (χ1n) is 7.30. The summed E-state index contributed by atoms with van der Waals surface area (Å²) in [5.41, 5.74) is 0.839. The zero-order valence-electron chi connectivity index (χ0n) is 13.5. The smallest absolute Gasteiger partial charge is 0.0853 e. The van der Waals surface area contributed by atoms with Crippen molar-refractivity contribution in [2.24, 2.45) is 5.41 Å². The third-order valence-electron chi connectivity index (χ3n) is 4.00. The van der Waals surface area contributed by atoms with Crippen molar-refractivity contribution in [2.75, 3.05) is 25.6 Å². The number of rotatable bonds is 8. The van der Waals surface area contributed by atoms with E-state index in [-0.39, 0.29) is 5.41 Å². The molecule has 2 nitrogen and oxygen atoms in total. The summed E-state index contributed by atoms with van der Waals surface area (Å²) in [5.74, 6) is 1.19. The van der Waals surface area contributed by atoms with E-state index in [0.717, 1.165) is 12.1 Å². The third-order valence-corrected chi connectivity index (χ3v) is 4.65. The van der Waals surface area contributed by atoms with E-state index >= 15 is 0 Å². The molecule has 1 aromatic carbocycles. The van der Waals surface area contributed by atoms with Crippen molar-refractivity contribution < 1.29 is 5.11 Å². The molecule has 20 heavy (non-hydrogen) atoms. The van der Waals surface area contributed by atoms with Gasteiger partial charge in [-0.2, -0.15) is 11.8 Å². The Balaban J connectivity index is 2.64. The van der Waals surface area contributed by atoms with Crippen LogP contribution in [0, 0.1) is 5.41 Å². The molecule has 1 rings (SSSR count). The van der Waals surface area contributed by atoms with Gasteiger partial charge in [0.2, 0.25) is 0 Å². The summed E-state index contributed by atoms with van der Waals surface area (Å²) >= 11 is 1.89. The molecular weight excluding hydrogens is 266 g/mol. The van der Waals surface area contributed by atoms with Crippen molar-refractivity contribution >= 4 is 11.8 Å². The van der Waals surface area contributed by atoms with Crippen LogP contribution in [0.5, 0.6) is 0 Å². The van der Waals surface area contributed by atoms with Crippen LogP contribution in [0.2, 0.25) is 0 Å². The van der Waals surface area contributed by atoms with Gasteiger partial charge in [-0.1, -0.05) is 44.2 Å². The summed E-state index contributed by atoms with van der Waals surface area (Å²) < 4.78 is 0. The van der Waals surface area contributed by atoms with E-state index in [1.807, 2.05) is 42.1 Å². The van der Waals surface area contributed by atoms with Gasteiger partial charge in [0.1, 0.15) is 0 Å². The first-order valence-corrected chi connectivity index (χ1v) is 8.70. The molecule has 1 N–H and O–H groups in total. The lowest BCUT2D eigenvalue weighted by molar-refractivity contribution is 0.0181. The van der Waals surface area contributed by atoms with E-state index in [1.54, 1.807) is 0 Å². The highest BCUT2D eigenvalue weighted by Crippen LogP contribution is 2.34. The minimum absolute atomic E-state index is 0.163. The Labute approximate surface area is 128 Å². The lowest BCUT2D eigenvalue weighted by Crippen LogP contribution is -2.40. The maximum Gasteiger partial charge on any atom is 0.0853 e. The molecule has 0 aliphatic carbocycles. The second kappa shape index (κ2) is 8.06. The van der Waals surface area contributed by atoms with Gasteiger partial charge in [-0.25, -0.2) is 0 Å². The fourth-order valence-electron chi connectivity index (χ4n) is 2.48. The topological polar surface area (TPSA) is 23.5 Å². The number of nitrogens with zero attached hydrogens (tertiary/aromatic N) is 1. The van der Waals surface area contributed by atoms with Crippen LogP contribution in [0.25, 0.3) is 0 Å². The Morgan fingerprint density at radius 3 is 2.40 bits per heavy atom. The molecule has 2 unspecified atom stereocenters. The van der Waals surface area contributed by atoms with Crippen molar-refractivity contribution in [3.8, 4) is 0 Å². The normalized spacial score (nSPS) is 15.3. The molecule has 0 radical (unpaired) electrons. The lowest BCUT2D eigenvalue weighted by Gasteiger charge is -2.37. The highest BCUT2D eigenvalue weighted by Gasteiger charge is 2.31. The van der Waals surface area contributed by atoms with Gasteiger partial charge >= 0.3 is 0 Å². The highest BCUT2D eigenvalue weighted by atomic mass is 32.2. The molecule has 0 saturated heterocycles. The molecule has 2 atom stereocenters. The van der Waals surface area contributed by atoms with Gasteiger partial charge in [-0.05, 0) is 38.0 Å². The quantitative estimate of drug-likeness (QED) is 0.788. The van der Waals surface area contributed by atoms with Gasteiger partial charge in [0.15, 0.2) is 0 Å². The molecule has 3 heteroatoms. The molecule has 0 aliphatic rings. The zero-order valence-corrected chi connectivity index (χ0v) is 14.3. The van der Waals surface area contributed by atoms with E-state index in [2.05, 4.69) is 39.0 Å². The van der Waals surface area contributed by atoms with Crippen LogP contribution < -0.4 is 0 Å². The standard InChI is InChI=1S/C17H29NOS/c1-14(11-12-20-5)18(4)13-17(2,3)16(19)15-9-7-6-8-10-15/h6-10,14,16,19H,11-13H2,1-5H3. The molecule has 114 valence electrons. The van der Waals surface area contributed by atoms with Crippen LogP contribution in [0.3, 0.4) is 0 Å². The highest BCUT2D eigenvalue weighted by molar-refractivity contribution is 7.98. The van der Waals surface area contributed by atoms with E-state index in [4.69, 9.17) is 0 Å². The summed E-state index contributed by atoms with van der Waals surface area (Å²) in [5, 5.41) is 10.6. The predicted octanol–water partition coefficient (Wildman–Crippen LogP) is 3.82. The first kappa shape index (κ1) is 17.5. The van der Waals surface area contributed by atoms with Gasteiger partial charge in [0.05, 0.1) is 6.10 Å². The van der Waals surface area contributed by atoms with Crippen LogP contribution in [-0.2, 0) is 0 Å². The zero-order chi connectivity index (χ0) is 15.2. The Kier molecular flexibility index (Phi) is 7.07. The van der Waals surface area contributed by atoms with Crippen LogP contribution in [-0.4, -0.2) is 41.6 Å². The maximum atomic E-state index is 10.6. The third kappa shape index (κ3) is 5.12. The number of benzene rings is 1. The SMILES string of the molecule is CSCCC(C)N(C)CC(C)(C)C(O)c1ccccc1. The molecule has 0 amide bonds. The van der Waals surface area contributed by atoms with E-state index in [0.29, 0.717) is 6.04 Å². The van der Waals surface area contributed by atoms with Crippen LogP contribution in [0.4, 0.5) is 0 Å². The second-order valence-corrected chi connectivity index (χ2v) is 7.33. The largest absolute Gasteiger partial charge is 0.388 e. The van der Waals surface area contributed by atoms with Crippen molar-refractivity contribution in [3.05, 3.63) is 35.9 Å². The minimum Gasteiger partial charge on any atom is -0.388 e. The van der Waals surface area contributed by atoms with E-state index in [9.17, 15) is 5.11 Å². The maximum absolute atomic E-state index is 10.6. The summed E-state index contributed by atoms with van der Waals surface area (Å²) in [6.07, 6.45) is 2.91. The molecule has 0 fully saturated rings. The van der Waals surface area contributed by atoms with Gasteiger partial charge < -0.3 is 10.0 Å². The summed E-state index contributed by atoms with van der Waals surface area (Å²) in [6.45, 7) is 7.44. The molecule has 0 saturated carbocycles. The summed E-state index contributed by atoms with van der Waals surface area (Å²) in [4.78, 5) is 2.36. The van der Waals surface area contributed by atoms with Crippen LogP contribution in [0.15, 0.2) is 30.3 Å². The number of aliphatic hydroxyl groups excluding tert-OH is 1. The monoisotopic (exact) mass is 295 g/mol. The van der Waals surface area contributed by atoms with Crippen LogP contribution >= 0.6 is 11.8 Å². The van der Waals surface area contributed by atoms with Crippen molar-refractivity contribution in [1.29, 1.82) is 0 Å². The fourth-order valence-corrected chi connectivity index (χ4v) is 3.06. The van der Waals surface area contributed by atoms with Gasteiger partial charge in [0, 0.05) is 18.0 Å². The molecule has 0 heterocycles. The van der Waals surface area contributed by atoms with Crippen molar-refractivity contribution in [2.45, 2.75) is 39.3 Å². The Morgan fingerprint density at radius 1 is 1.25 bits per heavy atom. The lowest BCUT2D eigenvalue weighted by atomic mass is 9.82. The molecule has 0 spiro atoms. The number of hydrogen-bond donors (Lipinski definition) is 1. The predicted molar refractivity (Wildman–Crippen MR) is 90.3 cm³/mol. The van der Waals surface area contributed by atoms with Crippen LogP contribution in [0.1, 0.15) is 38.9 Å². The van der Waals surface area contributed by atoms with E-state index in [1.165, 1.54) is 12.2 Å². The molecule has 0 aliphatic heterocycles. The van der Waals surface area contributed by atoms with Gasteiger partial charge in [-0.15, -0.1) is 0 Å². The molecule has 1 aromatic rings. The first-order chi connectivity index (χ1) is 9.38. The number of aliphatic hydroxyl groups is 1. The number of hydrogen-bond acceptors (Lipinski definition) is 3. The molecule has 0 aromatic heterocycles. The average molecular weight is 295 g/mol. The fraction of sp³-hybridized carbons (Fsp3) is 0.647. The Morgan fingerprint density at radius 2 is 1.85 bits per heavy atom. The van der Waals surface area contributed by atoms with Gasteiger partial charge in [-0.3, -0.25) is 0 Å². The van der Waals surface area contributed by atoms with Gasteiger partial charge in [0.25, 0.3) is 0 Å². The Bertz CT molecular complexity index is 380.